The predicted octanol–water partition coefficient (Wildman–Crippen LogP) is 4.24. The van der Waals surface area contributed by atoms with Gasteiger partial charge < -0.3 is 24.8 Å². The zero-order chi connectivity index (χ0) is 27.0. The maximum atomic E-state index is 10.3. The first kappa shape index (κ1) is 38.2. The van der Waals surface area contributed by atoms with E-state index in [2.05, 4.69) is 31.2 Å². The Bertz CT molecular complexity index is 561. The standard InChI is InChI=1S/C18H32O2.C6H14O4.H2O4S/c1-2-3-4-5-6-7-8-9-10-11-12-13-14-15-16-17-18(19)20;7-1-3-9-5-6-10-4-2-8;1-5(2,3)4/h6-7,9-10H,2-5,8,11-17H2,1H3,(H,19,20);7-8H,1-6H2;(H2,1,2,3,4)/b7-6-,10-9-;;. The Morgan fingerprint density at radius 2 is 1.14 bits per heavy atom. The second-order valence-corrected chi connectivity index (χ2v) is 8.39. The number of carboxylic acid groups (broad SMARTS) is 1. The van der Waals surface area contributed by atoms with E-state index in [1.807, 2.05) is 0 Å². The summed E-state index contributed by atoms with van der Waals surface area (Å²) >= 11 is 0. The van der Waals surface area contributed by atoms with Crippen molar-refractivity contribution in [3.8, 4) is 0 Å². The van der Waals surface area contributed by atoms with Crippen LogP contribution in [-0.4, -0.2) is 78.5 Å². The van der Waals surface area contributed by atoms with Crippen molar-refractivity contribution in [2.24, 2.45) is 0 Å². The van der Waals surface area contributed by atoms with E-state index in [4.69, 9.17) is 42.3 Å². The molecule has 0 aromatic rings. The molecule has 0 fully saturated rings. The van der Waals surface area contributed by atoms with E-state index >= 15 is 0 Å². The van der Waals surface area contributed by atoms with Crippen molar-refractivity contribution in [2.45, 2.75) is 84.0 Å². The van der Waals surface area contributed by atoms with Gasteiger partial charge in [-0.2, -0.15) is 8.42 Å². The number of aliphatic carboxylic acids is 1. The average Bonchev–Trinajstić information content (AvgIpc) is 2.78. The topological polar surface area (TPSA) is 171 Å². The van der Waals surface area contributed by atoms with Crippen molar-refractivity contribution in [3.63, 3.8) is 0 Å². The van der Waals surface area contributed by atoms with Gasteiger partial charge in [-0.15, -0.1) is 0 Å². The minimum Gasteiger partial charge on any atom is -0.481 e. The molecular weight excluding hydrogens is 480 g/mol. The third kappa shape index (κ3) is 59.8. The second kappa shape index (κ2) is 32.7. The van der Waals surface area contributed by atoms with Crippen LogP contribution in [0.5, 0.6) is 0 Å². The molecule has 0 amide bonds. The van der Waals surface area contributed by atoms with Gasteiger partial charge in [0, 0.05) is 6.42 Å². The van der Waals surface area contributed by atoms with Gasteiger partial charge in [-0.1, -0.05) is 63.3 Å². The van der Waals surface area contributed by atoms with Crippen molar-refractivity contribution in [2.75, 3.05) is 39.6 Å². The van der Waals surface area contributed by atoms with Crippen LogP contribution in [-0.2, 0) is 24.7 Å². The molecule has 0 bridgehead atoms. The van der Waals surface area contributed by atoms with Gasteiger partial charge in [-0.25, -0.2) is 0 Å². The maximum Gasteiger partial charge on any atom is 0.394 e. The van der Waals surface area contributed by atoms with Crippen LogP contribution >= 0.6 is 0 Å². The number of hydrogen-bond acceptors (Lipinski definition) is 7. The van der Waals surface area contributed by atoms with E-state index in [9.17, 15) is 4.79 Å². The van der Waals surface area contributed by atoms with Crippen molar-refractivity contribution in [1.29, 1.82) is 0 Å². The second-order valence-electron chi connectivity index (χ2n) is 7.49. The van der Waals surface area contributed by atoms with Crippen LogP contribution in [0.1, 0.15) is 84.0 Å². The van der Waals surface area contributed by atoms with E-state index in [0.29, 0.717) is 32.8 Å². The number of carbonyl (C=O) groups is 1. The van der Waals surface area contributed by atoms with Gasteiger partial charge in [0.2, 0.25) is 0 Å². The molecule has 5 N–H and O–H groups in total. The van der Waals surface area contributed by atoms with Gasteiger partial charge in [0.05, 0.1) is 39.6 Å². The lowest BCUT2D eigenvalue weighted by Crippen LogP contribution is -2.09. The molecule has 10 nitrogen and oxygen atoms in total. The Labute approximate surface area is 211 Å². The van der Waals surface area contributed by atoms with E-state index in [0.717, 1.165) is 25.7 Å². The molecular formula is C24H48O10S. The molecule has 11 heteroatoms. The molecule has 0 unspecified atom stereocenters. The highest BCUT2D eigenvalue weighted by atomic mass is 32.3. The molecule has 0 saturated carbocycles. The number of allylic oxidation sites excluding steroid dienone is 4. The fraction of sp³-hybridized carbons (Fsp3) is 0.792. The van der Waals surface area contributed by atoms with Gasteiger partial charge in [-0.05, 0) is 38.5 Å². The molecule has 0 saturated heterocycles. The number of ether oxygens (including phenoxy) is 2. The van der Waals surface area contributed by atoms with E-state index < -0.39 is 16.4 Å². The Hall–Kier alpha value is -1.34. The summed E-state index contributed by atoms with van der Waals surface area (Å²) in [7, 11) is -4.67. The Morgan fingerprint density at radius 3 is 1.57 bits per heavy atom. The molecule has 210 valence electrons. The van der Waals surface area contributed by atoms with Gasteiger partial charge in [-0.3, -0.25) is 13.9 Å². The highest BCUT2D eigenvalue weighted by Gasteiger charge is 1.95. The summed E-state index contributed by atoms with van der Waals surface area (Å²) in [5.74, 6) is -0.671. The number of aliphatic hydroxyl groups excluding tert-OH is 2. The van der Waals surface area contributed by atoms with Crippen LogP contribution in [0.25, 0.3) is 0 Å². The van der Waals surface area contributed by atoms with Crippen LogP contribution < -0.4 is 0 Å². The Morgan fingerprint density at radius 1 is 0.714 bits per heavy atom. The molecule has 0 aliphatic rings. The van der Waals surface area contributed by atoms with Crippen LogP contribution in [0, 0.1) is 0 Å². The van der Waals surface area contributed by atoms with E-state index in [-0.39, 0.29) is 13.2 Å². The highest BCUT2D eigenvalue weighted by Crippen LogP contribution is 2.08. The largest absolute Gasteiger partial charge is 0.481 e. The molecule has 0 aromatic heterocycles. The van der Waals surface area contributed by atoms with Gasteiger partial charge in [0.15, 0.2) is 0 Å². The minimum atomic E-state index is -4.67. The molecule has 0 aliphatic heterocycles. The van der Waals surface area contributed by atoms with Gasteiger partial charge in [0.25, 0.3) is 0 Å². The third-order valence-electron chi connectivity index (χ3n) is 4.18. The Kier molecular flexibility index (Phi) is 35.6. The van der Waals surface area contributed by atoms with Crippen molar-refractivity contribution < 1.29 is 47.1 Å². The lowest BCUT2D eigenvalue weighted by Gasteiger charge is -2.01. The number of aliphatic hydroxyl groups is 2. The predicted molar refractivity (Wildman–Crippen MR) is 137 cm³/mol. The van der Waals surface area contributed by atoms with Crippen LogP contribution in [0.2, 0.25) is 0 Å². The summed E-state index contributed by atoms with van der Waals surface area (Å²) in [6.07, 6.45) is 22.3. The third-order valence-corrected chi connectivity index (χ3v) is 4.18. The van der Waals surface area contributed by atoms with E-state index in [1.165, 1.54) is 44.9 Å². The molecule has 0 heterocycles. The quantitative estimate of drug-likeness (QED) is 0.0824. The number of rotatable bonds is 21. The fourth-order valence-corrected chi connectivity index (χ4v) is 2.54. The molecule has 0 aromatic carbocycles. The van der Waals surface area contributed by atoms with Crippen molar-refractivity contribution in [3.05, 3.63) is 24.3 Å². The molecule has 0 atom stereocenters. The molecule has 0 spiro atoms. The summed E-state index contributed by atoms with van der Waals surface area (Å²) in [6.45, 7) is 3.96. The zero-order valence-electron chi connectivity index (χ0n) is 21.2. The number of carboxylic acids is 1. The summed E-state index contributed by atoms with van der Waals surface area (Å²) in [6, 6.07) is 0. The first-order valence-corrected chi connectivity index (χ1v) is 13.7. The number of hydrogen-bond donors (Lipinski definition) is 5. The van der Waals surface area contributed by atoms with Crippen LogP contribution in [0.4, 0.5) is 0 Å². The first-order chi connectivity index (χ1) is 16.7. The first-order valence-electron chi connectivity index (χ1n) is 12.3. The van der Waals surface area contributed by atoms with E-state index in [1.54, 1.807) is 0 Å². The van der Waals surface area contributed by atoms with Crippen molar-refractivity contribution in [1.82, 2.24) is 0 Å². The van der Waals surface area contributed by atoms with Gasteiger partial charge >= 0.3 is 16.4 Å². The monoisotopic (exact) mass is 528 g/mol. The molecule has 0 radical (unpaired) electrons. The molecule has 0 rings (SSSR count). The smallest absolute Gasteiger partial charge is 0.394 e. The average molecular weight is 529 g/mol. The SMILES string of the molecule is CCCCC/C=C\C/C=C\CCCCCCCC(=O)O.O=S(=O)(O)O.OCCOCCOCCO. The summed E-state index contributed by atoms with van der Waals surface area (Å²) in [5, 5.41) is 25.0. The van der Waals surface area contributed by atoms with Crippen LogP contribution in [0.3, 0.4) is 0 Å². The lowest BCUT2D eigenvalue weighted by atomic mass is 10.1. The summed E-state index contributed by atoms with van der Waals surface area (Å²) < 4.78 is 41.3. The minimum absolute atomic E-state index is 0.0417. The van der Waals surface area contributed by atoms with Crippen LogP contribution in [0.15, 0.2) is 24.3 Å². The molecule has 0 aliphatic carbocycles. The summed E-state index contributed by atoms with van der Waals surface area (Å²) in [4.78, 5) is 10.3. The molecule has 35 heavy (non-hydrogen) atoms. The fourth-order valence-electron chi connectivity index (χ4n) is 2.54. The normalized spacial score (nSPS) is 11.2. The Balaban J connectivity index is -0.000000563. The maximum absolute atomic E-state index is 10.3. The van der Waals surface area contributed by atoms with Gasteiger partial charge in [0.1, 0.15) is 0 Å². The highest BCUT2D eigenvalue weighted by molar-refractivity contribution is 7.79. The zero-order valence-corrected chi connectivity index (χ0v) is 22.0. The number of unbranched alkanes of at least 4 members (excludes halogenated alkanes) is 8. The lowest BCUT2D eigenvalue weighted by molar-refractivity contribution is -0.137. The summed E-state index contributed by atoms with van der Waals surface area (Å²) in [5.41, 5.74) is 0. The van der Waals surface area contributed by atoms with Crippen molar-refractivity contribution >= 4 is 16.4 Å².